The molecule has 0 aromatic carbocycles. The molecule has 0 fully saturated rings. The Hall–Kier alpha value is -1.86. The SMILES string of the molecule is C=CC(=O)OCCOC(=O)C1=CC(C)CCC1C(=O)OCC(O)CCl. The highest BCUT2D eigenvalue weighted by Crippen LogP contribution is 2.30. The fraction of sp³-hybridized carbons (Fsp3) is 0.588. The molecular weight excluding hydrogens is 352 g/mol. The van der Waals surface area contributed by atoms with Crippen molar-refractivity contribution in [2.75, 3.05) is 25.7 Å². The Labute approximate surface area is 151 Å². The fourth-order valence-electron chi connectivity index (χ4n) is 2.29. The van der Waals surface area contributed by atoms with E-state index in [0.29, 0.717) is 6.42 Å². The number of aliphatic hydroxyl groups is 1. The fourth-order valence-corrected chi connectivity index (χ4v) is 2.38. The first kappa shape index (κ1) is 21.2. The van der Waals surface area contributed by atoms with E-state index in [1.165, 1.54) is 0 Å². The Kier molecular flexibility index (Phi) is 9.23. The number of allylic oxidation sites excluding steroid dienone is 1. The van der Waals surface area contributed by atoms with E-state index in [1.54, 1.807) is 6.08 Å². The van der Waals surface area contributed by atoms with Crippen molar-refractivity contribution < 1.29 is 33.7 Å². The van der Waals surface area contributed by atoms with Crippen LogP contribution in [0, 0.1) is 11.8 Å². The summed E-state index contributed by atoms with van der Waals surface area (Å²) in [6.45, 7) is 4.72. The number of carbonyl (C=O) groups is 3. The molecule has 0 saturated heterocycles. The molecule has 0 radical (unpaired) electrons. The summed E-state index contributed by atoms with van der Waals surface area (Å²) in [5.41, 5.74) is 0.221. The number of ether oxygens (including phenoxy) is 3. The van der Waals surface area contributed by atoms with Gasteiger partial charge in [0, 0.05) is 11.6 Å². The summed E-state index contributed by atoms with van der Waals surface area (Å²) >= 11 is 5.45. The predicted molar refractivity (Wildman–Crippen MR) is 89.8 cm³/mol. The highest BCUT2D eigenvalue weighted by atomic mass is 35.5. The van der Waals surface area contributed by atoms with Crippen molar-refractivity contribution in [1.29, 1.82) is 0 Å². The number of hydrogen-bond donors (Lipinski definition) is 1. The number of carbonyl (C=O) groups excluding carboxylic acids is 3. The Morgan fingerprint density at radius 3 is 2.64 bits per heavy atom. The second-order valence-electron chi connectivity index (χ2n) is 5.67. The number of aliphatic hydroxyl groups excluding tert-OH is 1. The minimum absolute atomic E-state index is 0.0524. The highest BCUT2D eigenvalue weighted by molar-refractivity contribution is 6.18. The van der Waals surface area contributed by atoms with E-state index in [9.17, 15) is 19.5 Å². The smallest absolute Gasteiger partial charge is 0.334 e. The lowest BCUT2D eigenvalue weighted by molar-refractivity contribution is -0.154. The number of esters is 3. The van der Waals surface area contributed by atoms with Crippen molar-refractivity contribution in [3.63, 3.8) is 0 Å². The molecule has 3 unspecified atom stereocenters. The minimum Gasteiger partial charge on any atom is -0.462 e. The summed E-state index contributed by atoms with van der Waals surface area (Å²) in [5, 5.41) is 9.37. The second-order valence-corrected chi connectivity index (χ2v) is 5.98. The van der Waals surface area contributed by atoms with Crippen molar-refractivity contribution in [2.45, 2.75) is 25.9 Å². The van der Waals surface area contributed by atoms with Gasteiger partial charge >= 0.3 is 17.9 Å². The van der Waals surface area contributed by atoms with Crippen LogP contribution in [0.2, 0.25) is 0 Å². The zero-order valence-corrected chi connectivity index (χ0v) is 14.9. The van der Waals surface area contributed by atoms with E-state index in [1.807, 2.05) is 6.92 Å². The molecule has 0 heterocycles. The van der Waals surface area contributed by atoms with Gasteiger partial charge in [-0.2, -0.15) is 0 Å². The van der Waals surface area contributed by atoms with Crippen LogP contribution in [-0.4, -0.2) is 54.8 Å². The maximum Gasteiger partial charge on any atom is 0.334 e. The monoisotopic (exact) mass is 374 g/mol. The van der Waals surface area contributed by atoms with Crippen LogP contribution in [0.5, 0.6) is 0 Å². The molecule has 0 amide bonds. The molecule has 7 nitrogen and oxygen atoms in total. The Morgan fingerprint density at radius 1 is 1.32 bits per heavy atom. The van der Waals surface area contributed by atoms with Crippen LogP contribution in [-0.2, 0) is 28.6 Å². The van der Waals surface area contributed by atoms with Crippen molar-refractivity contribution in [3.8, 4) is 0 Å². The van der Waals surface area contributed by atoms with Crippen molar-refractivity contribution in [1.82, 2.24) is 0 Å². The first-order chi connectivity index (χ1) is 11.9. The number of alkyl halides is 1. The van der Waals surface area contributed by atoms with E-state index in [0.717, 1.165) is 12.5 Å². The summed E-state index contributed by atoms with van der Waals surface area (Å²) in [6.07, 6.45) is 2.92. The molecular formula is C17H23ClO7. The van der Waals surface area contributed by atoms with E-state index >= 15 is 0 Å². The van der Waals surface area contributed by atoms with Crippen LogP contribution in [0.15, 0.2) is 24.3 Å². The quantitative estimate of drug-likeness (QED) is 0.214. The summed E-state index contributed by atoms with van der Waals surface area (Å²) in [4.78, 5) is 35.3. The summed E-state index contributed by atoms with van der Waals surface area (Å²) < 4.78 is 14.8. The van der Waals surface area contributed by atoms with Gasteiger partial charge in [-0.05, 0) is 18.8 Å². The van der Waals surface area contributed by atoms with Gasteiger partial charge in [-0.3, -0.25) is 4.79 Å². The topological polar surface area (TPSA) is 99.1 Å². The third kappa shape index (κ3) is 7.27. The second kappa shape index (κ2) is 10.9. The lowest BCUT2D eigenvalue weighted by Gasteiger charge is -2.25. The molecule has 0 aromatic rings. The number of rotatable bonds is 9. The Morgan fingerprint density at radius 2 is 2.00 bits per heavy atom. The molecule has 0 spiro atoms. The molecule has 25 heavy (non-hydrogen) atoms. The van der Waals surface area contributed by atoms with Gasteiger partial charge in [-0.25, -0.2) is 9.59 Å². The molecule has 3 atom stereocenters. The van der Waals surface area contributed by atoms with Gasteiger partial charge in [0.1, 0.15) is 25.9 Å². The zero-order chi connectivity index (χ0) is 18.8. The van der Waals surface area contributed by atoms with Gasteiger partial charge in [0.25, 0.3) is 0 Å². The van der Waals surface area contributed by atoms with Crippen LogP contribution in [0.3, 0.4) is 0 Å². The van der Waals surface area contributed by atoms with Crippen molar-refractivity contribution in [2.24, 2.45) is 11.8 Å². The molecule has 140 valence electrons. The Balaban J connectivity index is 2.61. The normalized spacial score (nSPS) is 20.8. The van der Waals surface area contributed by atoms with E-state index in [4.69, 9.17) is 25.8 Å². The minimum atomic E-state index is -0.952. The van der Waals surface area contributed by atoms with Crippen molar-refractivity contribution in [3.05, 3.63) is 24.3 Å². The standard InChI is InChI=1S/C17H23ClO7/c1-3-15(20)23-6-7-24-17(22)14-8-11(2)4-5-13(14)16(21)25-10-12(19)9-18/h3,8,11-13,19H,1,4-7,9-10H2,2H3. The van der Waals surface area contributed by atoms with Gasteiger partial charge in [0.2, 0.25) is 0 Å². The largest absolute Gasteiger partial charge is 0.462 e. The van der Waals surface area contributed by atoms with E-state index in [-0.39, 0.29) is 37.2 Å². The molecule has 0 saturated carbocycles. The Bertz CT molecular complexity index is 529. The van der Waals surface area contributed by atoms with Crippen LogP contribution < -0.4 is 0 Å². The lowest BCUT2D eigenvalue weighted by Crippen LogP contribution is -2.31. The van der Waals surface area contributed by atoms with Gasteiger partial charge in [-0.15, -0.1) is 11.6 Å². The van der Waals surface area contributed by atoms with E-state index in [2.05, 4.69) is 6.58 Å². The lowest BCUT2D eigenvalue weighted by atomic mass is 9.83. The van der Waals surface area contributed by atoms with Gasteiger partial charge in [-0.1, -0.05) is 19.6 Å². The molecule has 0 aromatic heterocycles. The molecule has 0 aliphatic heterocycles. The maximum atomic E-state index is 12.2. The van der Waals surface area contributed by atoms with Gasteiger partial charge in [0.15, 0.2) is 0 Å². The summed E-state index contributed by atoms with van der Waals surface area (Å²) in [6, 6.07) is 0. The maximum absolute atomic E-state index is 12.2. The average Bonchev–Trinajstić information content (AvgIpc) is 2.62. The molecule has 0 bridgehead atoms. The first-order valence-electron chi connectivity index (χ1n) is 7.97. The molecule has 1 rings (SSSR count). The van der Waals surface area contributed by atoms with Gasteiger partial charge < -0.3 is 19.3 Å². The highest BCUT2D eigenvalue weighted by Gasteiger charge is 2.33. The summed E-state index contributed by atoms with van der Waals surface area (Å²) in [5.74, 6) is -2.54. The predicted octanol–water partition coefficient (Wildman–Crippen LogP) is 1.37. The van der Waals surface area contributed by atoms with Gasteiger partial charge in [0.05, 0.1) is 11.8 Å². The number of hydrogen-bond acceptors (Lipinski definition) is 7. The zero-order valence-electron chi connectivity index (χ0n) is 14.1. The molecule has 1 aliphatic carbocycles. The first-order valence-corrected chi connectivity index (χ1v) is 8.51. The third-order valence-electron chi connectivity index (χ3n) is 3.59. The molecule has 8 heteroatoms. The molecule has 1 aliphatic rings. The van der Waals surface area contributed by atoms with Crippen LogP contribution >= 0.6 is 11.6 Å². The van der Waals surface area contributed by atoms with Crippen LogP contribution in [0.25, 0.3) is 0 Å². The van der Waals surface area contributed by atoms with Crippen molar-refractivity contribution >= 4 is 29.5 Å². The number of halogens is 1. The van der Waals surface area contributed by atoms with Crippen LogP contribution in [0.1, 0.15) is 19.8 Å². The van der Waals surface area contributed by atoms with Crippen LogP contribution in [0.4, 0.5) is 0 Å². The summed E-state index contributed by atoms with van der Waals surface area (Å²) in [7, 11) is 0. The third-order valence-corrected chi connectivity index (χ3v) is 3.95. The average molecular weight is 375 g/mol. The molecule has 1 N–H and O–H groups in total. The van der Waals surface area contributed by atoms with E-state index < -0.39 is 29.9 Å².